The summed E-state index contributed by atoms with van der Waals surface area (Å²) in [6.07, 6.45) is 3.06. The van der Waals surface area contributed by atoms with Crippen LogP contribution in [0.3, 0.4) is 0 Å². The third-order valence-corrected chi connectivity index (χ3v) is 5.56. The van der Waals surface area contributed by atoms with Gasteiger partial charge in [-0.3, -0.25) is 0 Å². The molecule has 7 nitrogen and oxygen atoms in total. The van der Waals surface area contributed by atoms with Gasteiger partial charge in [0.15, 0.2) is 5.03 Å². The molecule has 132 valence electrons. The van der Waals surface area contributed by atoms with Crippen molar-refractivity contribution in [2.75, 3.05) is 19.8 Å². The van der Waals surface area contributed by atoms with E-state index in [0.29, 0.717) is 19.6 Å². The Kier molecular flexibility index (Phi) is 6.19. The Morgan fingerprint density at radius 1 is 1.43 bits per heavy atom. The summed E-state index contributed by atoms with van der Waals surface area (Å²) in [5.74, 6) is 1.07. The molecule has 1 aromatic rings. The van der Waals surface area contributed by atoms with Crippen LogP contribution in [-0.2, 0) is 21.8 Å². The first-order valence-corrected chi connectivity index (χ1v) is 9.58. The average molecular weight is 345 g/mol. The van der Waals surface area contributed by atoms with Crippen molar-refractivity contribution in [3.8, 4) is 0 Å². The van der Waals surface area contributed by atoms with Crippen LogP contribution in [0.25, 0.3) is 0 Å². The zero-order chi connectivity index (χ0) is 17.0. The van der Waals surface area contributed by atoms with Gasteiger partial charge in [0.05, 0.1) is 6.10 Å². The highest BCUT2D eigenvalue weighted by Crippen LogP contribution is 2.21. The van der Waals surface area contributed by atoms with Gasteiger partial charge in [-0.15, -0.1) is 0 Å². The summed E-state index contributed by atoms with van der Waals surface area (Å²) in [6, 6.07) is 0. The molecule has 0 amide bonds. The van der Waals surface area contributed by atoms with E-state index in [4.69, 9.17) is 4.74 Å². The number of aromatic nitrogens is 2. The standard InChI is InChI=1S/C15H27N3O4S/c1-11(2)15-17-14(10-18(15)3)23(20,21)16-7-4-13(19)12-5-8-22-9-6-12/h10-13,16,19H,4-9H2,1-3H3. The number of aliphatic hydroxyl groups is 1. The zero-order valence-electron chi connectivity index (χ0n) is 14.0. The van der Waals surface area contributed by atoms with Crippen LogP contribution >= 0.6 is 0 Å². The number of imidazole rings is 1. The summed E-state index contributed by atoms with van der Waals surface area (Å²) in [7, 11) is -1.85. The first kappa shape index (κ1) is 18.4. The molecule has 0 spiro atoms. The van der Waals surface area contributed by atoms with E-state index >= 15 is 0 Å². The minimum atomic E-state index is -3.64. The highest BCUT2D eigenvalue weighted by molar-refractivity contribution is 7.89. The molecule has 2 N–H and O–H groups in total. The summed E-state index contributed by atoms with van der Waals surface area (Å²) >= 11 is 0. The molecule has 1 aromatic heterocycles. The van der Waals surface area contributed by atoms with Crippen LogP contribution in [0.2, 0.25) is 0 Å². The topological polar surface area (TPSA) is 93.5 Å². The van der Waals surface area contributed by atoms with Crippen LogP contribution in [0.1, 0.15) is 44.9 Å². The van der Waals surface area contributed by atoms with Crippen molar-refractivity contribution in [3.05, 3.63) is 12.0 Å². The van der Waals surface area contributed by atoms with Gasteiger partial charge < -0.3 is 14.4 Å². The van der Waals surface area contributed by atoms with Gasteiger partial charge in [0.25, 0.3) is 10.0 Å². The van der Waals surface area contributed by atoms with Gasteiger partial charge in [0.2, 0.25) is 0 Å². The van der Waals surface area contributed by atoms with Crippen molar-refractivity contribution in [2.24, 2.45) is 13.0 Å². The van der Waals surface area contributed by atoms with Gasteiger partial charge in [-0.2, -0.15) is 0 Å². The lowest BCUT2D eigenvalue weighted by atomic mass is 9.92. The molecule has 2 heterocycles. The summed E-state index contributed by atoms with van der Waals surface area (Å²) in [4.78, 5) is 4.20. The number of ether oxygens (including phenoxy) is 1. The lowest BCUT2D eigenvalue weighted by Crippen LogP contribution is -2.32. The Morgan fingerprint density at radius 3 is 2.65 bits per heavy atom. The number of hydrogen-bond donors (Lipinski definition) is 2. The number of nitrogens with zero attached hydrogens (tertiary/aromatic N) is 2. The fourth-order valence-corrected chi connectivity index (χ4v) is 3.91. The Labute approximate surface area is 138 Å². The van der Waals surface area contributed by atoms with Gasteiger partial charge in [0.1, 0.15) is 5.82 Å². The van der Waals surface area contributed by atoms with Crippen molar-refractivity contribution >= 4 is 10.0 Å². The maximum absolute atomic E-state index is 12.3. The Bertz CT molecular complexity index is 606. The average Bonchev–Trinajstić information content (AvgIpc) is 2.91. The van der Waals surface area contributed by atoms with Gasteiger partial charge in [-0.25, -0.2) is 18.1 Å². The van der Waals surface area contributed by atoms with E-state index in [1.165, 1.54) is 6.20 Å². The fraction of sp³-hybridized carbons (Fsp3) is 0.800. The van der Waals surface area contributed by atoms with E-state index in [2.05, 4.69) is 9.71 Å². The molecule has 1 saturated heterocycles. The third-order valence-electron chi connectivity index (χ3n) is 4.22. The second-order valence-electron chi connectivity index (χ2n) is 6.41. The lowest BCUT2D eigenvalue weighted by Gasteiger charge is -2.26. The molecule has 0 bridgehead atoms. The highest BCUT2D eigenvalue weighted by atomic mass is 32.2. The van der Waals surface area contributed by atoms with Crippen molar-refractivity contribution in [3.63, 3.8) is 0 Å². The van der Waals surface area contributed by atoms with E-state index in [0.717, 1.165) is 18.7 Å². The molecule has 0 aliphatic carbocycles. The number of aryl methyl sites for hydroxylation is 1. The van der Waals surface area contributed by atoms with Crippen LogP contribution in [0.4, 0.5) is 0 Å². The van der Waals surface area contributed by atoms with Gasteiger partial charge in [0, 0.05) is 38.9 Å². The minimum Gasteiger partial charge on any atom is -0.393 e. The minimum absolute atomic E-state index is 0.0317. The number of aliphatic hydroxyl groups excluding tert-OH is 1. The summed E-state index contributed by atoms with van der Waals surface area (Å²) < 4.78 is 34.1. The second-order valence-corrected chi connectivity index (χ2v) is 8.12. The second kappa shape index (κ2) is 7.74. The van der Waals surface area contributed by atoms with Crippen LogP contribution < -0.4 is 4.72 Å². The molecule has 1 fully saturated rings. The van der Waals surface area contributed by atoms with Crippen molar-refractivity contribution in [1.82, 2.24) is 14.3 Å². The van der Waals surface area contributed by atoms with E-state index < -0.39 is 16.1 Å². The van der Waals surface area contributed by atoms with Crippen molar-refractivity contribution < 1.29 is 18.3 Å². The number of nitrogens with one attached hydrogen (secondary N) is 1. The Hall–Kier alpha value is -0.960. The number of hydrogen-bond acceptors (Lipinski definition) is 5. The highest BCUT2D eigenvalue weighted by Gasteiger charge is 2.24. The molecule has 1 atom stereocenters. The van der Waals surface area contributed by atoms with Crippen LogP contribution in [0.15, 0.2) is 11.2 Å². The SMILES string of the molecule is CC(C)c1nc(S(=O)(=O)NCCC(O)C2CCOCC2)cn1C. The molecule has 1 aliphatic rings. The number of sulfonamides is 1. The van der Waals surface area contributed by atoms with Crippen LogP contribution in [-0.4, -0.2) is 48.9 Å². The monoisotopic (exact) mass is 345 g/mol. The van der Waals surface area contributed by atoms with E-state index in [9.17, 15) is 13.5 Å². The lowest BCUT2D eigenvalue weighted by molar-refractivity contribution is 0.00567. The number of rotatable bonds is 7. The Morgan fingerprint density at radius 2 is 2.09 bits per heavy atom. The van der Waals surface area contributed by atoms with Crippen molar-refractivity contribution in [2.45, 2.75) is 50.2 Å². The first-order chi connectivity index (χ1) is 10.8. The van der Waals surface area contributed by atoms with Crippen LogP contribution in [0.5, 0.6) is 0 Å². The third kappa shape index (κ3) is 4.76. The van der Waals surface area contributed by atoms with E-state index in [-0.39, 0.29) is 23.4 Å². The quantitative estimate of drug-likeness (QED) is 0.769. The largest absolute Gasteiger partial charge is 0.393 e. The molecule has 0 radical (unpaired) electrons. The van der Waals surface area contributed by atoms with E-state index in [1.807, 2.05) is 13.8 Å². The molecule has 1 aliphatic heterocycles. The zero-order valence-corrected chi connectivity index (χ0v) is 14.8. The first-order valence-electron chi connectivity index (χ1n) is 8.10. The predicted molar refractivity (Wildman–Crippen MR) is 86.7 cm³/mol. The molecule has 2 rings (SSSR count). The maximum Gasteiger partial charge on any atom is 0.259 e. The maximum atomic E-state index is 12.3. The molecule has 0 aromatic carbocycles. The summed E-state index contributed by atoms with van der Waals surface area (Å²) in [6.45, 7) is 5.47. The molecule has 1 unspecified atom stereocenters. The van der Waals surface area contributed by atoms with Gasteiger partial charge >= 0.3 is 0 Å². The van der Waals surface area contributed by atoms with E-state index in [1.54, 1.807) is 11.6 Å². The smallest absolute Gasteiger partial charge is 0.259 e. The molecular weight excluding hydrogens is 318 g/mol. The molecule has 0 saturated carbocycles. The summed E-state index contributed by atoms with van der Waals surface area (Å²) in [5.41, 5.74) is 0. The summed E-state index contributed by atoms with van der Waals surface area (Å²) in [5, 5.41) is 10.2. The van der Waals surface area contributed by atoms with Crippen LogP contribution in [0, 0.1) is 5.92 Å². The molecule has 23 heavy (non-hydrogen) atoms. The normalized spacial score (nSPS) is 18.5. The van der Waals surface area contributed by atoms with Crippen molar-refractivity contribution in [1.29, 1.82) is 0 Å². The Balaban J connectivity index is 1.90. The predicted octanol–water partition coefficient (Wildman–Crippen LogP) is 0.999. The fourth-order valence-electron chi connectivity index (χ4n) is 2.87. The van der Waals surface area contributed by atoms with Gasteiger partial charge in [-0.05, 0) is 25.2 Å². The molecular formula is C15H27N3O4S. The van der Waals surface area contributed by atoms with Gasteiger partial charge in [-0.1, -0.05) is 13.8 Å². The molecule has 8 heteroatoms.